The standard InChI is InChI=1S/C25H35N9O9/c1-11(2)17(22(39)26-9-16(36)21(38)27-14-7-5-6-13(8-14)25(42)43)30-23(40)18(12(3)4)29-20(37)15(10-35)28-24(41)19-31-33-34-32-19/h5-8,11-12,15-18,35-36H,9-10H2,1-4H3,(H,26,39)(H,27,38)(H,28,41)(H,29,37)(H,30,40)(H,42,43)(H,31,32,33,34)/t15-,16?,17+,18+/m1/s1. The number of aliphatic hydroxyl groups excluding tert-OH is 2. The molecule has 18 heteroatoms. The van der Waals surface area contributed by atoms with E-state index >= 15 is 0 Å². The van der Waals surface area contributed by atoms with Crippen LogP contribution >= 0.6 is 0 Å². The normalized spacial score (nSPS) is 13.8. The molecule has 0 aliphatic rings. The minimum Gasteiger partial charge on any atom is -0.478 e. The quantitative estimate of drug-likeness (QED) is 0.101. The monoisotopic (exact) mass is 605 g/mol. The molecule has 0 spiro atoms. The number of nitrogens with zero attached hydrogens (tertiary/aromatic N) is 3. The molecule has 1 unspecified atom stereocenters. The Morgan fingerprint density at radius 1 is 0.884 bits per heavy atom. The van der Waals surface area contributed by atoms with E-state index in [1.807, 2.05) is 0 Å². The van der Waals surface area contributed by atoms with Crippen molar-refractivity contribution in [3.63, 3.8) is 0 Å². The summed E-state index contributed by atoms with van der Waals surface area (Å²) in [5, 5.41) is 53.1. The van der Waals surface area contributed by atoms with Crippen LogP contribution in [0, 0.1) is 11.8 Å². The first-order chi connectivity index (χ1) is 20.2. The summed E-state index contributed by atoms with van der Waals surface area (Å²) in [4.78, 5) is 74.4. The summed E-state index contributed by atoms with van der Waals surface area (Å²) >= 11 is 0. The number of hydrogen-bond donors (Lipinski definition) is 9. The highest BCUT2D eigenvalue weighted by molar-refractivity contribution is 5.98. The van der Waals surface area contributed by atoms with Crippen LogP contribution in [0.2, 0.25) is 0 Å². The van der Waals surface area contributed by atoms with Gasteiger partial charge in [0, 0.05) is 5.69 Å². The molecule has 5 amide bonds. The minimum absolute atomic E-state index is 0.0764. The molecular weight excluding hydrogens is 570 g/mol. The number of carboxylic acids is 1. The number of benzene rings is 1. The van der Waals surface area contributed by atoms with E-state index in [2.05, 4.69) is 47.2 Å². The number of amides is 5. The molecule has 0 aliphatic carbocycles. The number of hydrogen-bond acceptors (Lipinski definition) is 11. The molecular formula is C25H35N9O9. The molecule has 0 fully saturated rings. The highest BCUT2D eigenvalue weighted by atomic mass is 16.4. The first-order valence-electron chi connectivity index (χ1n) is 13.1. The Hall–Kier alpha value is -4.97. The third-order valence-corrected chi connectivity index (χ3v) is 6.00. The summed E-state index contributed by atoms with van der Waals surface area (Å²) in [7, 11) is 0. The van der Waals surface area contributed by atoms with Gasteiger partial charge >= 0.3 is 5.97 Å². The topological polar surface area (TPSA) is 278 Å². The Labute approximate surface area is 245 Å². The lowest BCUT2D eigenvalue weighted by Gasteiger charge is -2.28. The van der Waals surface area contributed by atoms with E-state index in [-0.39, 0.29) is 17.1 Å². The molecule has 9 N–H and O–H groups in total. The van der Waals surface area contributed by atoms with E-state index in [0.29, 0.717) is 0 Å². The second-order valence-corrected chi connectivity index (χ2v) is 10.0. The fourth-order valence-electron chi connectivity index (χ4n) is 3.60. The third-order valence-electron chi connectivity index (χ3n) is 6.00. The van der Waals surface area contributed by atoms with Crippen LogP contribution in [0.1, 0.15) is 48.7 Å². The van der Waals surface area contributed by atoms with E-state index in [1.54, 1.807) is 27.7 Å². The van der Waals surface area contributed by atoms with Gasteiger partial charge in [0.1, 0.15) is 24.2 Å². The van der Waals surface area contributed by atoms with Crippen molar-refractivity contribution in [1.82, 2.24) is 41.9 Å². The highest BCUT2D eigenvalue weighted by Crippen LogP contribution is 2.11. The van der Waals surface area contributed by atoms with Gasteiger partial charge in [0.15, 0.2) is 0 Å². The van der Waals surface area contributed by atoms with Crippen LogP contribution < -0.4 is 26.6 Å². The van der Waals surface area contributed by atoms with Crippen molar-refractivity contribution in [1.29, 1.82) is 0 Å². The maximum Gasteiger partial charge on any atom is 0.335 e. The number of carboxylic acid groups (broad SMARTS) is 1. The van der Waals surface area contributed by atoms with Gasteiger partial charge in [-0.25, -0.2) is 4.79 Å². The summed E-state index contributed by atoms with van der Waals surface area (Å²) < 4.78 is 0. The van der Waals surface area contributed by atoms with Gasteiger partial charge in [-0.05, 0) is 35.2 Å². The van der Waals surface area contributed by atoms with Gasteiger partial charge in [-0.1, -0.05) is 33.8 Å². The summed E-state index contributed by atoms with van der Waals surface area (Å²) in [6.45, 7) is 5.21. The molecule has 0 bridgehead atoms. The maximum absolute atomic E-state index is 13.1. The fraction of sp³-hybridized carbons (Fsp3) is 0.480. The van der Waals surface area contributed by atoms with Crippen LogP contribution in [-0.4, -0.2) is 109 Å². The van der Waals surface area contributed by atoms with Crippen molar-refractivity contribution in [3.8, 4) is 0 Å². The molecule has 0 radical (unpaired) electrons. The molecule has 234 valence electrons. The number of aromatic carboxylic acids is 1. The van der Waals surface area contributed by atoms with E-state index in [1.165, 1.54) is 24.3 Å². The summed E-state index contributed by atoms with van der Waals surface area (Å²) in [6, 6.07) is 1.58. The smallest absolute Gasteiger partial charge is 0.335 e. The molecule has 0 saturated carbocycles. The van der Waals surface area contributed by atoms with Crippen LogP contribution in [0.5, 0.6) is 0 Å². The van der Waals surface area contributed by atoms with Gasteiger partial charge < -0.3 is 41.9 Å². The third kappa shape index (κ3) is 10.1. The SMILES string of the molecule is CC(C)[C@H](NC(=O)[C@@H](NC(=O)[C@@H](CO)NC(=O)c1nn[nH]n1)C(C)C)C(=O)NCC(O)C(=O)Nc1cccc(C(=O)O)c1. The maximum atomic E-state index is 13.1. The van der Waals surface area contributed by atoms with Crippen molar-refractivity contribution < 1.29 is 44.1 Å². The lowest BCUT2D eigenvalue weighted by atomic mass is 9.99. The zero-order valence-corrected chi connectivity index (χ0v) is 23.8. The molecule has 4 atom stereocenters. The first-order valence-corrected chi connectivity index (χ1v) is 13.1. The second-order valence-electron chi connectivity index (χ2n) is 10.0. The zero-order valence-electron chi connectivity index (χ0n) is 23.8. The fourth-order valence-corrected chi connectivity index (χ4v) is 3.60. The lowest BCUT2D eigenvalue weighted by Crippen LogP contribution is -2.60. The van der Waals surface area contributed by atoms with Gasteiger partial charge in [-0.3, -0.25) is 24.0 Å². The van der Waals surface area contributed by atoms with Gasteiger partial charge in [-0.15, -0.1) is 10.2 Å². The number of anilines is 1. The predicted molar refractivity (Wildman–Crippen MR) is 147 cm³/mol. The molecule has 1 aromatic heterocycles. The molecule has 43 heavy (non-hydrogen) atoms. The van der Waals surface area contributed by atoms with E-state index in [0.717, 1.165) is 0 Å². The summed E-state index contributed by atoms with van der Waals surface area (Å²) in [5.41, 5.74) is 0.0506. The van der Waals surface area contributed by atoms with Crippen molar-refractivity contribution >= 4 is 41.2 Å². The molecule has 2 rings (SSSR count). The van der Waals surface area contributed by atoms with Crippen LogP contribution in [0.3, 0.4) is 0 Å². The van der Waals surface area contributed by atoms with Crippen LogP contribution in [0.15, 0.2) is 24.3 Å². The van der Waals surface area contributed by atoms with Crippen LogP contribution in [-0.2, 0) is 19.2 Å². The number of tetrazole rings is 1. The summed E-state index contributed by atoms with van der Waals surface area (Å²) in [6.07, 6.45) is -1.71. The molecule has 0 saturated heterocycles. The van der Waals surface area contributed by atoms with Crippen molar-refractivity contribution in [2.24, 2.45) is 11.8 Å². The Morgan fingerprint density at radius 2 is 1.51 bits per heavy atom. The number of carbonyl (C=O) groups excluding carboxylic acids is 5. The summed E-state index contributed by atoms with van der Waals surface area (Å²) in [5.74, 6) is -6.67. The van der Waals surface area contributed by atoms with Crippen molar-refractivity contribution in [2.45, 2.75) is 51.9 Å². The second kappa shape index (κ2) is 15.9. The van der Waals surface area contributed by atoms with E-state index in [4.69, 9.17) is 5.11 Å². The van der Waals surface area contributed by atoms with Crippen molar-refractivity contribution in [3.05, 3.63) is 35.7 Å². The van der Waals surface area contributed by atoms with Gasteiger partial charge in [0.05, 0.1) is 18.7 Å². The predicted octanol–water partition coefficient (Wildman–Crippen LogP) is -2.61. The van der Waals surface area contributed by atoms with Gasteiger partial charge in [0.25, 0.3) is 17.6 Å². The Balaban J connectivity index is 1.99. The number of H-pyrrole nitrogens is 1. The Kier molecular flexibility index (Phi) is 12.6. The van der Waals surface area contributed by atoms with E-state index in [9.17, 15) is 39.0 Å². The Bertz CT molecular complexity index is 1300. The number of rotatable bonds is 15. The first kappa shape index (κ1) is 34.2. The van der Waals surface area contributed by atoms with Crippen LogP contribution in [0.4, 0.5) is 5.69 Å². The molecule has 18 nitrogen and oxygen atoms in total. The largest absolute Gasteiger partial charge is 0.478 e. The van der Waals surface area contributed by atoms with Gasteiger partial charge in [-0.2, -0.15) is 5.21 Å². The number of aromatic nitrogens is 4. The zero-order chi connectivity index (χ0) is 32.3. The van der Waals surface area contributed by atoms with Crippen molar-refractivity contribution in [2.75, 3.05) is 18.5 Å². The molecule has 1 heterocycles. The van der Waals surface area contributed by atoms with Crippen LogP contribution in [0.25, 0.3) is 0 Å². The average Bonchev–Trinajstić information content (AvgIpc) is 3.50. The molecule has 2 aromatic rings. The number of aliphatic hydroxyl groups is 2. The Morgan fingerprint density at radius 3 is 2.07 bits per heavy atom. The number of carbonyl (C=O) groups is 6. The number of aromatic amines is 1. The minimum atomic E-state index is -1.71. The highest BCUT2D eigenvalue weighted by Gasteiger charge is 2.33. The van der Waals surface area contributed by atoms with Gasteiger partial charge in [0.2, 0.25) is 17.7 Å². The van der Waals surface area contributed by atoms with E-state index < -0.39 is 84.7 Å². The lowest BCUT2D eigenvalue weighted by molar-refractivity contribution is -0.134. The molecule has 0 aliphatic heterocycles. The number of nitrogens with one attached hydrogen (secondary N) is 6. The average molecular weight is 606 g/mol. The molecule has 1 aromatic carbocycles.